The van der Waals surface area contributed by atoms with Gasteiger partial charge in [-0.2, -0.15) is 0 Å². The van der Waals surface area contributed by atoms with Crippen LogP contribution in [0.2, 0.25) is 0 Å². The molecular weight excluding hydrogens is 243 g/mol. The highest BCUT2D eigenvalue weighted by atomic mass is 31.1. The summed E-state index contributed by atoms with van der Waals surface area (Å²) in [5.41, 5.74) is 1.01. The van der Waals surface area contributed by atoms with Crippen molar-refractivity contribution in [1.82, 2.24) is 0 Å². The SMILES string of the molecule is O=C(CCc1ccccc1)O[PH](=O)OCCO. The second-order valence-electron chi connectivity index (χ2n) is 3.28. The number of benzene rings is 1. The van der Waals surface area contributed by atoms with E-state index in [-0.39, 0.29) is 19.6 Å². The number of aliphatic hydroxyl groups excluding tert-OH is 1. The predicted octanol–water partition coefficient (Wildman–Crippen LogP) is 1.56. The van der Waals surface area contributed by atoms with Crippen LogP contribution in [0.25, 0.3) is 0 Å². The first-order valence-corrected chi connectivity index (χ1v) is 6.47. The number of aliphatic hydroxyl groups is 1. The third kappa shape index (κ3) is 6.22. The maximum atomic E-state index is 11.3. The molecular formula is C11H15O5P. The van der Waals surface area contributed by atoms with Gasteiger partial charge < -0.3 is 9.63 Å². The maximum Gasteiger partial charge on any atom is 0.370 e. The first-order chi connectivity index (χ1) is 8.22. The molecule has 1 atom stereocenters. The molecule has 0 heterocycles. The predicted molar refractivity (Wildman–Crippen MR) is 62.9 cm³/mol. The lowest BCUT2D eigenvalue weighted by Gasteiger charge is -2.04. The van der Waals surface area contributed by atoms with Gasteiger partial charge >= 0.3 is 14.2 Å². The molecule has 1 aromatic carbocycles. The lowest BCUT2D eigenvalue weighted by molar-refractivity contribution is -0.134. The zero-order valence-electron chi connectivity index (χ0n) is 9.30. The van der Waals surface area contributed by atoms with E-state index in [4.69, 9.17) is 5.11 Å². The molecule has 0 aliphatic carbocycles. The Kier molecular flexibility index (Phi) is 6.55. The number of hydrogen-bond donors (Lipinski definition) is 1. The Labute approximate surface area is 100 Å². The zero-order chi connectivity index (χ0) is 12.5. The standard InChI is InChI=1S/C11H15O5P/c12-8-9-15-17(14)16-11(13)7-6-10-4-2-1-3-5-10/h1-5,12,17H,6-9H2. The van der Waals surface area contributed by atoms with Gasteiger partial charge in [0.1, 0.15) is 0 Å². The van der Waals surface area contributed by atoms with Crippen molar-refractivity contribution in [3.05, 3.63) is 35.9 Å². The fourth-order valence-electron chi connectivity index (χ4n) is 1.19. The normalized spacial score (nSPS) is 12.1. The maximum absolute atomic E-state index is 11.3. The second-order valence-corrected chi connectivity index (χ2v) is 4.27. The van der Waals surface area contributed by atoms with Gasteiger partial charge in [0.15, 0.2) is 0 Å². The lowest BCUT2D eigenvalue weighted by atomic mass is 10.1. The average Bonchev–Trinajstić information content (AvgIpc) is 2.35. The zero-order valence-corrected chi connectivity index (χ0v) is 10.3. The highest BCUT2D eigenvalue weighted by Gasteiger charge is 2.08. The van der Waals surface area contributed by atoms with E-state index < -0.39 is 14.2 Å². The van der Waals surface area contributed by atoms with Gasteiger partial charge in [-0.05, 0) is 12.0 Å². The summed E-state index contributed by atoms with van der Waals surface area (Å²) in [6.07, 6.45) is 0.692. The summed E-state index contributed by atoms with van der Waals surface area (Å²) in [6.45, 7) is -0.346. The largest absolute Gasteiger partial charge is 0.394 e. The van der Waals surface area contributed by atoms with Gasteiger partial charge in [-0.3, -0.25) is 9.32 Å². The van der Waals surface area contributed by atoms with E-state index in [1.165, 1.54) is 0 Å². The molecule has 5 nitrogen and oxygen atoms in total. The lowest BCUT2D eigenvalue weighted by Crippen LogP contribution is -2.02. The molecule has 0 saturated carbocycles. The molecule has 0 spiro atoms. The number of hydrogen-bond acceptors (Lipinski definition) is 5. The van der Waals surface area contributed by atoms with Crippen LogP contribution in [0.4, 0.5) is 0 Å². The third-order valence-corrected chi connectivity index (χ3v) is 2.80. The molecule has 0 fully saturated rings. The number of aryl methyl sites for hydroxylation is 1. The van der Waals surface area contributed by atoms with Crippen molar-refractivity contribution in [2.45, 2.75) is 12.8 Å². The summed E-state index contributed by atoms with van der Waals surface area (Å²) in [5.74, 6) is -0.560. The molecule has 0 radical (unpaired) electrons. The van der Waals surface area contributed by atoms with Gasteiger partial charge in [0.25, 0.3) is 0 Å². The molecule has 1 N–H and O–H groups in total. The number of rotatable bonds is 7. The Balaban J connectivity index is 2.24. The van der Waals surface area contributed by atoms with Crippen LogP contribution in [0.1, 0.15) is 12.0 Å². The molecule has 0 aromatic heterocycles. The highest BCUT2D eigenvalue weighted by molar-refractivity contribution is 7.34. The molecule has 1 unspecified atom stereocenters. The summed E-state index contributed by atoms with van der Waals surface area (Å²) in [6, 6.07) is 9.46. The molecule has 0 saturated heterocycles. The van der Waals surface area contributed by atoms with E-state index in [1.807, 2.05) is 30.3 Å². The van der Waals surface area contributed by atoms with Crippen LogP contribution < -0.4 is 0 Å². The Morgan fingerprint density at radius 3 is 2.65 bits per heavy atom. The molecule has 1 aromatic rings. The Bertz CT molecular complexity index is 365. The summed E-state index contributed by atoms with van der Waals surface area (Å²) < 4.78 is 20.1. The number of carbonyl (C=O) groups is 1. The van der Waals surface area contributed by atoms with Crippen molar-refractivity contribution in [2.24, 2.45) is 0 Å². The Morgan fingerprint density at radius 2 is 2.00 bits per heavy atom. The van der Waals surface area contributed by atoms with Gasteiger partial charge in [0, 0.05) is 6.42 Å². The average molecular weight is 258 g/mol. The van der Waals surface area contributed by atoms with Gasteiger partial charge in [0.2, 0.25) is 0 Å². The minimum absolute atomic E-state index is 0.0935. The van der Waals surface area contributed by atoms with Gasteiger partial charge in [-0.25, -0.2) is 4.57 Å². The molecule has 17 heavy (non-hydrogen) atoms. The van der Waals surface area contributed by atoms with E-state index in [0.29, 0.717) is 6.42 Å². The van der Waals surface area contributed by atoms with Crippen LogP contribution in [0.5, 0.6) is 0 Å². The molecule has 0 aliphatic heterocycles. The van der Waals surface area contributed by atoms with Crippen LogP contribution >= 0.6 is 8.25 Å². The fraction of sp³-hybridized carbons (Fsp3) is 0.364. The molecule has 0 bridgehead atoms. The van der Waals surface area contributed by atoms with E-state index in [9.17, 15) is 9.36 Å². The Hall–Kier alpha value is -1.16. The summed E-state index contributed by atoms with van der Waals surface area (Å²) in [5, 5.41) is 8.41. The monoisotopic (exact) mass is 258 g/mol. The van der Waals surface area contributed by atoms with E-state index in [2.05, 4.69) is 9.05 Å². The van der Waals surface area contributed by atoms with Gasteiger partial charge in [-0.1, -0.05) is 30.3 Å². The van der Waals surface area contributed by atoms with E-state index >= 15 is 0 Å². The molecule has 0 amide bonds. The smallest absolute Gasteiger partial charge is 0.370 e. The summed E-state index contributed by atoms with van der Waals surface area (Å²) in [4.78, 5) is 11.3. The second kappa shape index (κ2) is 8.01. The molecule has 0 aliphatic rings. The first kappa shape index (κ1) is 13.9. The van der Waals surface area contributed by atoms with Crippen molar-refractivity contribution in [2.75, 3.05) is 13.2 Å². The van der Waals surface area contributed by atoms with Crippen LogP contribution in [0.3, 0.4) is 0 Å². The summed E-state index contributed by atoms with van der Waals surface area (Å²) in [7, 11) is -2.81. The van der Waals surface area contributed by atoms with Crippen LogP contribution in [-0.4, -0.2) is 24.3 Å². The highest BCUT2D eigenvalue weighted by Crippen LogP contribution is 2.24. The quantitative estimate of drug-likeness (QED) is 0.751. The Morgan fingerprint density at radius 1 is 1.29 bits per heavy atom. The molecule has 94 valence electrons. The van der Waals surface area contributed by atoms with E-state index in [1.54, 1.807) is 0 Å². The molecule has 6 heteroatoms. The van der Waals surface area contributed by atoms with Gasteiger partial charge in [-0.15, -0.1) is 0 Å². The van der Waals surface area contributed by atoms with E-state index in [0.717, 1.165) is 5.56 Å². The van der Waals surface area contributed by atoms with Crippen molar-refractivity contribution in [1.29, 1.82) is 0 Å². The topological polar surface area (TPSA) is 72.8 Å². The van der Waals surface area contributed by atoms with Crippen molar-refractivity contribution in [3.8, 4) is 0 Å². The van der Waals surface area contributed by atoms with Crippen LogP contribution in [0, 0.1) is 0 Å². The third-order valence-electron chi connectivity index (χ3n) is 1.97. The number of carbonyl (C=O) groups excluding carboxylic acids is 1. The van der Waals surface area contributed by atoms with Crippen LogP contribution in [0.15, 0.2) is 30.3 Å². The van der Waals surface area contributed by atoms with Gasteiger partial charge in [0.05, 0.1) is 13.2 Å². The molecule has 1 rings (SSSR count). The van der Waals surface area contributed by atoms with Crippen molar-refractivity contribution < 1.29 is 23.5 Å². The minimum atomic E-state index is -2.81. The fourth-order valence-corrected chi connectivity index (χ4v) is 1.80. The van der Waals surface area contributed by atoms with Crippen molar-refractivity contribution in [3.63, 3.8) is 0 Å². The minimum Gasteiger partial charge on any atom is -0.394 e. The van der Waals surface area contributed by atoms with Crippen LogP contribution in [-0.2, 0) is 24.8 Å². The first-order valence-electron chi connectivity index (χ1n) is 5.24. The summed E-state index contributed by atoms with van der Waals surface area (Å²) >= 11 is 0. The van der Waals surface area contributed by atoms with Crippen molar-refractivity contribution >= 4 is 14.2 Å².